The van der Waals surface area contributed by atoms with E-state index >= 15 is 0 Å². The summed E-state index contributed by atoms with van der Waals surface area (Å²) >= 11 is 0. The highest BCUT2D eigenvalue weighted by Crippen LogP contribution is 2.32. The largest absolute Gasteiger partial charge is 0.481 e. The molecular weight excluding hydrogens is 386 g/mol. The van der Waals surface area contributed by atoms with Crippen LogP contribution in [-0.2, 0) is 13.5 Å². The predicted molar refractivity (Wildman–Crippen MR) is 124 cm³/mol. The van der Waals surface area contributed by atoms with E-state index in [0.29, 0.717) is 5.88 Å². The van der Waals surface area contributed by atoms with Crippen LogP contribution in [0.4, 0.5) is 5.69 Å². The Kier molecular flexibility index (Phi) is 4.96. The zero-order valence-corrected chi connectivity index (χ0v) is 17.5. The van der Waals surface area contributed by atoms with Crippen molar-refractivity contribution in [2.75, 3.05) is 19.0 Å². The first-order valence-corrected chi connectivity index (χ1v) is 10.2. The van der Waals surface area contributed by atoms with Gasteiger partial charge >= 0.3 is 0 Å². The van der Waals surface area contributed by atoms with Gasteiger partial charge in [-0.25, -0.2) is 4.98 Å². The Bertz CT molecular complexity index is 1360. The third-order valence-electron chi connectivity index (χ3n) is 5.52. The number of hydrogen-bond acceptors (Lipinski definition) is 5. The highest BCUT2D eigenvalue weighted by atomic mass is 16.5. The van der Waals surface area contributed by atoms with Crippen molar-refractivity contribution >= 4 is 27.6 Å². The van der Waals surface area contributed by atoms with Gasteiger partial charge in [0.2, 0.25) is 5.88 Å². The number of aromatic nitrogens is 4. The summed E-state index contributed by atoms with van der Waals surface area (Å²) in [6.07, 6.45) is 8.28. The molecule has 0 bridgehead atoms. The maximum Gasteiger partial charge on any atom is 0.212 e. The van der Waals surface area contributed by atoms with Crippen LogP contribution in [0.15, 0.2) is 73.3 Å². The predicted octanol–water partition coefficient (Wildman–Crippen LogP) is 4.85. The summed E-state index contributed by atoms with van der Waals surface area (Å²) in [7, 11) is 3.69. The summed E-state index contributed by atoms with van der Waals surface area (Å²) in [5.74, 6) is 0.629. The van der Waals surface area contributed by atoms with Crippen molar-refractivity contribution in [3.8, 4) is 17.0 Å². The van der Waals surface area contributed by atoms with Gasteiger partial charge in [-0.05, 0) is 47.2 Å². The highest BCUT2D eigenvalue weighted by Gasteiger charge is 2.10. The number of ether oxygens (including phenoxy) is 1. The zero-order valence-electron chi connectivity index (χ0n) is 17.5. The second kappa shape index (κ2) is 8.07. The molecule has 0 atom stereocenters. The minimum Gasteiger partial charge on any atom is -0.481 e. The average Bonchev–Trinajstić information content (AvgIpc) is 3.19. The molecule has 31 heavy (non-hydrogen) atoms. The summed E-state index contributed by atoms with van der Waals surface area (Å²) in [5, 5.41) is 4.76. The molecule has 6 nitrogen and oxygen atoms in total. The van der Waals surface area contributed by atoms with Gasteiger partial charge in [-0.2, -0.15) is 0 Å². The standard InChI is InChI=1S/C25H23N5O/c1-30-12-8-18-4-5-19(13-23(18)30)21-14-20(15-22-25(21)28-11-10-27-22)26-9-7-17-3-6-24(31-2)29-16-17/h3-6,8,10-16,26H,7,9H2,1-2H3. The summed E-state index contributed by atoms with van der Waals surface area (Å²) in [5.41, 5.74) is 7.35. The number of pyridine rings is 1. The Labute approximate surface area is 180 Å². The van der Waals surface area contributed by atoms with Crippen LogP contribution in [-0.4, -0.2) is 33.2 Å². The minimum absolute atomic E-state index is 0.629. The molecule has 0 unspecified atom stereocenters. The lowest BCUT2D eigenvalue weighted by Crippen LogP contribution is -2.05. The summed E-state index contributed by atoms with van der Waals surface area (Å²) in [4.78, 5) is 13.4. The van der Waals surface area contributed by atoms with E-state index in [2.05, 4.69) is 74.5 Å². The normalized spacial score (nSPS) is 11.2. The fraction of sp³-hybridized carbons (Fsp3) is 0.160. The van der Waals surface area contributed by atoms with Gasteiger partial charge in [0.1, 0.15) is 0 Å². The second-order valence-corrected chi connectivity index (χ2v) is 7.53. The fourth-order valence-electron chi connectivity index (χ4n) is 3.86. The quantitative estimate of drug-likeness (QED) is 0.434. The van der Waals surface area contributed by atoms with Crippen LogP contribution in [0.3, 0.4) is 0 Å². The number of aryl methyl sites for hydroxylation is 1. The number of fused-ring (bicyclic) bond motifs is 2. The number of nitrogens with zero attached hydrogens (tertiary/aromatic N) is 4. The SMILES string of the molecule is COc1ccc(CCNc2cc(-c3ccc4ccn(C)c4c3)c3nccnc3c2)cn1. The number of benzene rings is 2. The first-order chi connectivity index (χ1) is 15.2. The number of hydrogen-bond donors (Lipinski definition) is 1. The van der Waals surface area contributed by atoms with Crippen molar-refractivity contribution in [2.45, 2.75) is 6.42 Å². The average molecular weight is 409 g/mol. The topological polar surface area (TPSA) is 64.9 Å². The number of anilines is 1. The molecule has 154 valence electrons. The number of nitrogens with one attached hydrogen (secondary N) is 1. The van der Waals surface area contributed by atoms with Gasteiger partial charge in [-0.15, -0.1) is 0 Å². The Hall–Kier alpha value is -3.93. The van der Waals surface area contributed by atoms with E-state index in [1.54, 1.807) is 19.5 Å². The van der Waals surface area contributed by atoms with E-state index in [9.17, 15) is 0 Å². The first-order valence-electron chi connectivity index (χ1n) is 10.2. The number of rotatable bonds is 6. The molecule has 0 spiro atoms. The smallest absolute Gasteiger partial charge is 0.212 e. The highest BCUT2D eigenvalue weighted by molar-refractivity contribution is 5.97. The Balaban J connectivity index is 1.45. The molecule has 1 N–H and O–H groups in total. The molecule has 3 aromatic heterocycles. The van der Waals surface area contributed by atoms with E-state index < -0.39 is 0 Å². The zero-order chi connectivity index (χ0) is 21.2. The molecule has 6 heteroatoms. The maximum atomic E-state index is 5.13. The van der Waals surface area contributed by atoms with E-state index in [4.69, 9.17) is 4.74 Å². The molecule has 0 amide bonds. The van der Waals surface area contributed by atoms with Crippen molar-refractivity contribution in [2.24, 2.45) is 7.05 Å². The maximum absolute atomic E-state index is 5.13. The number of methoxy groups -OCH3 is 1. The Morgan fingerprint density at radius 3 is 2.71 bits per heavy atom. The van der Waals surface area contributed by atoms with Crippen LogP contribution >= 0.6 is 0 Å². The van der Waals surface area contributed by atoms with Gasteiger partial charge in [0.05, 0.1) is 18.1 Å². The van der Waals surface area contributed by atoms with Gasteiger partial charge in [0.15, 0.2) is 0 Å². The van der Waals surface area contributed by atoms with E-state index in [1.165, 1.54) is 10.9 Å². The molecule has 5 rings (SSSR count). The van der Waals surface area contributed by atoms with Gasteiger partial charge in [-0.3, -0.25) is 9.97 Å². The molecule has 0 aliphatic rings. The van der Waals surface area contributed by atoms with Crippen LogP contribution in [0, 0.1) is 0 Å². The lowest BCUT2D eigenvalue weighted by molar-refractivity contribution is 0.397. The van der Waals surface area contributed by atoms with Crippen LogP contribution in [0.5, 0.6) is 5.88 Å². The third kappa shape index (κ3) is 3.80. The third-order valence-corrected chi connectivity index (χ3v) is 5.52. The molecule has 0 fully saturated rings. The minimum atomic E-state index is 0.629. The molecule has 2 aromatic carbocycles. The molecule has 0 radical (unpaired) electrons. The van der Waals surface area contributed by atoms with Crippen LogP contribution in [0.2, 0.25) is 0 Å². The molecule has 3 heterocycles. The summed E-state index contributed by atoms with van der Waals surface area (Å²) < 4.78 is 7.26. The molecular formula is C25H23N5O. The lowest BCUT2D eigenvalue weighted by Gasteiger charge is -2.12. The molecule has 0 saturated carbocycles. The van der Waals surface area contributed by atoms with E-state index in [-0.39, 0.29) is 0 Å². The molecule has 5 aromatic rings. The fourth-order valence-corrected chi connectivity index (χ4v) is 3.86. The first kappa shape index (κ1) is 19.1. The van der Waals surface area contributed by atoms with E-state index in [0.717, 1.165) is 46.4 Å². The van der Waals surface area contributed by atoms with Gasteiger partial charge < -0.3 is 14.6 Å². The van der Waals surface area contributed by atoms with Crippen molar-refractivity contribution in [3.63, 3.8) is 0 Å². The van der Waals surface area contributed by atoms with Crippen LogP contribution in [0.25, 0.3) is 33.1 Å². The van der Waals surface area contributed by atoms with Crippen molar-refractivity contribution in [1.29, 1.82) is 0 Å². The lowest BCUT2D eigenvalue weighted by atomic mass is 10.0. The van der Waals surface area contributed by atoms with E-state index in [1.807, 2.05) is 18.3 Å². The van der Waals surface area contributed by atoms with Crippen LogP contribution in [0.1, 0.15) is 5.56 Å². The van der Waals surface area contributed by atoms with Gasteiger partial charge in [-0.1, -0.05) is 18.2 Å². The van der Waals surface area contributed by atoms with Crippen molar-refractivity contribution in [3.05, 3.63) is 78.9 Å². The Morgan fingerprint density at radius 2 is 1.87 bits per heavy atom. The van der Waals surface area contributed by atoms with Crippen molar-refractivity contribution in [1.82, 2.24) is 19.5 Å². The van der Waals surface area contributed by atoms with Gasteiger partial charge in [0, 0.05) is 61.2 Å². The summed E-state index contributed by atoms with van der Waals surface area (Å²) in [6, 6.07) is 16.8. The monoisotopic (exact) mass is 409 g/mol. The van der Waals surface area contributed by atoms with Crippen LogP contribution < -0.4 is 10.1 Å². The molecule has 0 saturated heterocycles. The molecule has 0 aliphatic carbocycles. The van der Waals surface area contributed by atoms with Gasteiger partial charge in [0.25, 0.3) is 0 Å². The summed E-state index contributed by atoms with van der Waals surface area (Å²) in [6.45, 7) is 0.788. The van der Waals surface area contributed by atoms with Crippen molar-refractivity contribution < 1.29 is 4.74 Å². The second-order valence-electron chi connectivity index (χ2n) is 7.53. The molecule has 0 aliphatic heterocycles. The Morgan fingerprint density at radius 1 is 0.968 bits per heavy atom.